The Labute approximate surface area is 138 Å². The van der Waals surface area contributed by atoms with Crippen LogP contribution in [0.15, 0.2) is 24.9 Å². The van der Waals surface area contributed by atoms with Crippen molar-refractivity contribution in [3.8, 4) is 6.07 Å². The van der Waals surface area contributed by atoms with Crippen molar-refractivity contribution in [2.75, 3.05) is 4.93 Å². The van der Waals surface area contributed by atoms with Crippen LogP contribution >= 0.6 is 34.2 Å². The third kappa shape index (κ3) is 6.74. The van der Waals surface area contributed by atoms with Crippen molar-refractivity contribution in [1.29, 1.82) is 5.26 Å². The smallest absolute Gasteiger partial charge is 0.141 e. The number of aromatic nitrogens is 1. The maximum Gasteiger partial charge on any atom is 0.141 e. The van der Waals surface area contributed by atoms with Gasteiger partial charge in [-0.1, -0.05) is 40.3 Å². The first-order valence-electron chi connectivity index (χ1n) is 4.88. The predicted molar refractivity (Wildman–Crippen MR) is 76.9 cm³/mol. The van der Waals surface area contributed by atoms with Crippen LogP contribution in [0, 0.1) is 17.1 Å². The van der Waals surface area contributed by atoms with Crippen molar-refractivity contribution >= 4 is 34.2 Å². The summed E-state index contributed by atoms with van der Waals surface area (Å²) in [5, 5.41) is 9.12. The van der Waals surface area contributed by atoms with Crippen molar-refractivity contribution in [1.82, 2.24) is 4.98 Å². The van der Waals surface area contributed by atoms with E-state index in [2.05, 4.69) is 40.2 Å². The maximum atomic E-state index is 12.9. The van der Waals surface area contributed by atoms with Crippen LogP contribution in [0.1, 0.15) is 24.3 Å². The molecule has 1 aromatic rings. The number of allylic oxidation sites excluding steroid dienone is 1. The Morgan fingerprint density at radius 1 is 1.67 bits per heavy atom. The summed E-state index contributed by atoms with van der Waals surface area (Å²) in [6.07, 6.45) is 4.01. The number of nitrogens with zero attached hydrogens (tertiary/aromatic N) is 2. The summed E-state index contributed by atoms with van der Waals surface area (Å²) in [7, 11) is 0. The summed E-state index contributed by atoms with van der Waals surface area (Å²) in [5.74, 6) is -0.910. The van der Waals surface area contributed by atoms with Crippen LogP contribution in [0.5, 0.6) is 0 Å². The summed E-state index contributed by atoms with van der Waals surface area (Å²) >= 11 is 7.94. The number of pyridine rings is 1. The second kappa shape index (κ2) is 12.0. The number of hydrogen-bond donors (Lipinski definition) is 0. The molecule has 0 spiro atoms. The molecule has 0 aliphatic heterocycles. The molecule has 1 rings (SSSR count). The van der Waals surface area contributed by atoms with E-state index in [4.69, 9.17) is 16.9 Å². The molecule has 0 saturated heterocycles. The van der Waals surface area contributed by atoms with E-state index in [1.165, 1.54) is 6.07 Å². The molecule has 1 unspecified atom stereocenters. The van der Waals surface area contributed by atoms with E-state index in [0.29, 0.717) is 18.4 Å². The average molecular weight is 418 g/mol. The van der Waals surface area contributed by atoms with E-state index in [0.717, 1.165) is 6.20 Å². The van der Waals surface area contributed by atoms with Gasteiger partial charge in [0.25, 0.3) is 0 Å². The third-order valence-electron chi connectivity index (χ3n) is 2.02. The molecule has 1 aromatic heterocycles. The Bertz CT molecular complexity index is 410. The van der Waals surface area contributed by atoms with Crippen molar-refractivity contribution in [3.63, 3.8) is 0 Å². The predicted octanol–water partition coefficient (Wildman–Crippen LogP) is 4.50. The van der Waals surface area contributed by atoms with E-state index >= 15 is 0 Å². The second-order valence-corrected chi connectivity index (χ2v) is 3.44. The molecule has 0 bridgehead atoms. The van der Waals surface area contributed by atoms with Gasteiger partial charge in [-0.3, -0.25) is 0 Å². The first-order chi connectivity index (χ1) is 8.19. The fourth-order valence-corrected chi connectivity index (χ4v) is 1.49. The normalized spacial score (nSPS) is 10.2. The summed E-state index contributed by atoms with van der Waals surface area (Å²) in [4.78, 5) is 5.64. The van der Waals surface area contributed by atoms with Gasteiger partial charge in [-0.25, -0.2) is 9.37 Å². The quantitative estimate of drug-likeness (QED) is 0.313. The van der Waals surface area contributed by atoms with Gasteiger partial charge in [0.2, 0.25) is 0 Å². The molecular formula is C12H13ClFIN2V. The van der Waals surface area contributed by atoms with Gasteiger partial charge in [-0.2, -0.15) is 5.26 Å². The average Bonchev–Trinajstić information content (AvgIpc) is 2.36. The minimum Gasteiger partial charge on any atom is -0.241 e. The molecule has 6 heteroatoms. The minimum absolute atomic E-state index is 0. The van der Waals surface area contributed by atoms with Crippen molar-refractivity contribution < 1.29 is 22.9 Å². The summed E-state index contributed by atoms with van der Waals surface area (Å²) < 4.78 is 12.9. The van der Waals surface area contributed by atoms with Crippen molar-refractivity contribution in [2.24, 2.45) is 0 Å². The molecule has 18 heavy (non-hydrogen) atoms. The fourth-order valence-electron chi connectivity index (χ4n) is 1.26. The van der Waals surface area contributed by atoms with Crippen LogP contribution < -0.4 is 0 Å². The number of halogens is 3. The molecule has 0 fully saturated rings. The van der Waals surface area contributed by atoms with Gasteiger partial charge in [0.05, 0.1) is 18.2 Å². The molecule has 0 aliphatic rings. The van der Waals surface area contributed by atoms with Gasteiger partial charge in [0, 0.05) is 24.1 Å². The van der Waals surface area contributed by atoms with Crippen molar-refractivity contribution in [2.45, 2.75) is 18.8 Å². The van der Waals surface area contributed by atoms with Crippen LogP contribution in [0.4, 0.5) is 4.39 Å². The molecule has 2 nitrogen and oxygen atoms in total. The minimum atomic E-state index is -0.478. The van der Waals surface area contributed by atoms with E-state index < -0.39 is 11.7 Å². The van der Waals surface area contributed by atoms with Gasteiger partial charge < -0.3 is 0 Å². The zero-order valence-corrected chi connectivity index (χ0v) is 14.2. The van der Waals surface area contributed by atoms with E-state index in [1.807, 2.05) is 4.93 Å². The van der Waals surface area contributed by atoms with Gasteiger partial charge in [-0.05, 0) is 23.8 Å². The number of hydrogen-bond acceptors (Lipinski definition) is 2. The van der Waals surface area contributed by atoms with Crippen LogP contribution in [0.2, 0.25) is 5.15 Å². The van der Waals surface area contributed by atoms with Gasteiger partial charge in [-0.15, -0.1) is 6.58 Å². The molecule has 0 amide bonds. The fraction of sp³-hybridized carbons (Fsp3) is 0.333. The van der Waals surface area contributed by atoms with Crippen LogP contribution in [0.3, 0.4) is 0 Å². The molecule has 1 radical (unpaired) electrons. The summed E-state index contributed by atoms with van der Waals surface area (Å²) in [5.41, 5.74) is 0.445. The standard InChI is InChI=1S/C11H10ClFN2.CH3I.V/c1-2-3-4-8(6-14)10-5-9(13)7-15-11(10)12;1-2;/h2,5,7-8H,1,3-4H2;1H3;. The summed E-state index contributed by atoms with van der Waals surface area (Å²) in [6.45, 7) is 3.57. The molecule has 1 atom stereocenters. The second-order valence-electron chi connectivity index (χ2n) is 3.08. The van der Waals surface area contributed by atoms with Gasteiger partial charge in [0.1, 0.15) is 11.0 Å². The molecule has 0 aliphatic carbocycles. The van der Waals surface area contributed by atoms with Crippen LogP contribution in [-0.4, -0.2) is 9.91 Å². The first-order valence-corrected chi connectivity index (χ1v) is 7.41. The number of nitriles is 1. The van der Waals surface area contributed by atoms with Crippen LogP contribution in [0.25, 0.3) is 0 Å². The third-order valence-corrected chi connectivity index (χ3v) is 2.34. The number of alkyl halides is 1. The molecule has 1 heterocycles. The number of rotatable bonds is 4. The first kappa shape index (κ1) is 20.2. The molecule has 0 aromatic carbocycles. The molecule has 97 valence electrons. The molecular weight excluding hydrogens is 404 g/mol. The Kier molecular flexibility index (Phi) is 13.5. The van der Waals surface area contributed by atoms with E-state index in [-0.39, 0.29) is 23.7 Å². The SMILES string of the molecule is C=CCCC(C#N)c1cc(F)cnc1Cl.CI.[V]. The Hall–Kier alpha value is -0.0856. The van der Waals surface area contributed by atoms with E-state index in [1.54, 1.807) is 6.08 Å². The van der Waals surface area contributed by atoms with Crippen LogP contribution in [-0.2, 0) is 18.6 Å². The van der Waals surface area contributed by atoms with Crippen molar-refractivity contribution in [3.05, 3.63) is 41.5 Å². The van der Waals surface area contributed by atoms with Gasteiger partial charge in [0.15, 0.2) is 0 Å². The largest absolute Gasteiger partial charge is 0.241 e. The van der Waals surface area contributed by atoms with Gasteiger partial charge >= 0.3 is 0 Å². The summed E-state index contributed by atoms with van der Waals surface area (Å²) in [6, 6.07) is 3.34. The molecule has 0 saturated carbocycles. The Morgan fingerprint density at radius 3 is 2.78 bits per heavy atom. The Morgan fingerprint density at radius 2 is 2.28 bits per heavy atom. The van der Waals surface area contributed by atoms with E-state index in [9.17, 15) is 4.39 Å². The molecule has 0 N–H and O–H groups in total. The topological polar surface area (TPSA) is 36.7 Å². The zero-order chi connectivity index (χ0) is 13.3. The monoisotopic (exact) mass is 417 g/mol. The maximum absolute atomic E-state index is 12.9. The zero-order valence-electron chi connectivity index (χ0n) is 9.91. The Balaban J connectivity index is 0.